The number of nitrogens with one attached hydrogen (secondary N) is 1. The molecule has 2 fully saturated rings. The molecule has 1 aliphatic carbocycles. The van der Waals surface area contributed by atoms with Crippen molar-refractivity contribution in [1.29, 1.82) is 0 Å². The van der Waals surface area contributed by atoms with E-state index in [-0.39, 0.29) is 34.0 Å². The van der Waals surface area contributed by atoms with E-state index in [4.69, 9.17) is 4.74 Å². The van der Waals surface area contributed by atoms with E-state index in [0.717, 1.165) is 25.7 Å². The maximum absolute atomic E-state index is 15.2. The van der Waals surface area contributed by atoms with Crippen LogP contribution in [0.4, 0.5) is 10.1 Å². The number of carbonyl (C=O) groups is 1. The number of hydrogen-bond acceptors (Lipinski definition) is 5. The van der Waals surface area contributed by atoms with E-state index in [1.807, 2.05) is 11.9 Å². The summed E-state index contributed by atoms with van der Waals surface area (Å²) in [6, 6.07) is 1.51. The number of carboxylic acids is 1. The third-order valence-corrected chi connectivity index (χ3v) is 5.72. The molecule has 0 bridgehead atoms. The zero-order valence-corrected chi connectivity index (χ0v) is 17.0. The fourth-order valence-electron chi connectivity index (χ4n) is 4.14. The number of piperidine rings is 1. The largest absolute Gasteiger partial charge is 0.492 e. The van der Waals surface area contributed by atoms with Gasteiger partial charge in [0.1, 0.15) is 11.3 Å². The number of anilines is 1. The van der Waals surface area contributed by atoms with E-state index in [1.165, 1.54) is 19.4 Å². The monoisotopic (exact) mass is 425 g/mol. The van der Waals surface area contributed by atoms with Gasteiger partial charge in [0.05, 0.1) is 18.0 Å². The molecule has 2 heterocycles. The van der Waals surface area contributed by atoms with Gasteiger partial charge in [-0.2, -0.15) is 0 Å². The predicted octanol–water partition coefficient (Wildman–Crippen LogP) is 0.721. The van der Waals surface area contributed by atoms with E-state index in [0.29, 0.717) is 30.0 Å². The lowest BCUT2D eigenvalue weighted by Crippen LogP contribution is -2.45. The van der Waals surface area contributed by atoms with Crippen LogP contribution >= 0.6 is 0 Å². The van der Waals surface area contributed by atoms with E-state index in [9.17, 15) is 14.7 Å². The van der Waals surface area contributed by atoms with Crippen molar-refractivity contribution in [2.75, 3.05) is 32.1 Å². The van der Waals surface area contributed by atoms with Gasteiger partial charge in [-0.1, -0.05) is 0 Å². The summed E-state index contributed by atoms with van der Waals surface area (Å²) in [5.74, 6) is -1.58. The second kappa shape index (κ2) is 8.99. The summed E-state index contributed by atoms with van der Waals surface area (Å²) in [6.07, 6.45) is 5.08. The van der Waals surface area contributed by atoms with Crippen LogP contribution in [-0.4, -0.2) is 59.9 Å². The number of carboxylic acid groups (broad SMARTS) is 1. The number of methoxy groups -OCH3 is 1. The SMILES string of the molecule is CN[C@H]1CCCN(c2c(F)cc3c(=O)c(C(=O)O)cn(C4CC4)c3c2OC)C1.O.O. The Morgan fingerprint density at radius 1 is 1.30 bits per heavy atom. The first-order valence-electron chi connectivity index (χ1n) is 9.57. The average Bonchev–Trinajstić information content (AvgIpc) is 3.52. The number of aromatic carboxylic acids is 1. The highest BCUT2D eigenvalue weighted by Gasteiger charge is 2.32. The van der Waals surface area contributed by atoms with E-state index in [2.05, 4.69) is 5.32 Å². The normalized spacial score (nSPS) is 18.5. The zero-order valence-electron chi connectivity index (χ0n) is 17.0. The molecule has 2 aromatic rings. The summed E-state index contributed by atoms with van der Waals surface area (Å²) in [7, 11) is 3.35. The van der Waals surface area contributed by atoms with Gasteiger partial charge in [0, 0.05) is 31.4 Å². The molecule has 166 valence electrons. The lowest BCUT2D eigenvalue weighted by atomic mass is 10.0. The molecule has 2 aliphatic rings. The minimum Gasteiger partial charge on any atom is -0.492 e. The molecule has 9 nitrogen and oxygen atoms in total. The minimum absolute atomic E-state index is 0. The molecule has 1 saturated carbocycles. The fourth-order valence-corrected chi connectivity index (χ4v) is 4.14. The molecule has 0 spiro atoms. The van der Waals surface area contributed by atoms with Crippen LogP contribution in [0, 0.1) is 5.82 Å². The van der Waals surface area contributed by atoms with Gasteiger partial charge in [-0.15, -0.1) is 0 Å². The Kier molecular flexibility index (Phi) is 7.06. The number of ether oxygens (including phenoxy) is 1. The maximum atomic E-state index is 15.2. The Morgan fingerprint density at radius 2 is 2.00 bits per heavy atom. The fraction of sp³-hybridized carbons (Fsp3) is 0.500. The molecule has 10 heteroatoms. The number of aromatic nitrogens is 1. The van der Waals surface area contributed by atoms with Crippen molar-refractivity contribution < 1.29 is 30.0 Å². The van der Waals surface area contributed by atoms with E-state index < -0.39 is 17.2 Å². The van der Waals surface area contributed by atoms with Gasteiger partial charge in [0.25, 0.3) is 0 Å². The van der Waals surface area contributed by atoms with Crippen molar-refractivity contribution >= 4 is 22.6 Å². The first kappa shape index (κ1) is 23.6. The lowest BCUT2D eigenvalue weighted by Gasteiger charge is -2.35. The van der Waals surface area contributed by atoms with Gasteiger partial charge in [-0.05, 0) is 38.8 Å². The number of fused-ring (bicyclic) bond motifs is 1. The zero-order chi connectivity index (χ0) is 20.0. The maximum Gasteiger partial charge on any atom is 0.341 e. The smallest absolute Gasteiger partial charge is 0.341 e. The molecule has 0 unspecified atom stereocenters. The third-order valence-electron chi connectivity index (χ3n) is 5.72. The molecule has 0 amide bonds. The molecular formula is C20H28FN3O6. The molecule has 1 atom stereocenters. The minimum atomic E-state index is -1.31. The van der Waals surface area contributed by atoms with Crippen LogP contribution in [0.25, 0.3) is 10.9 Å². The molecule has 30 heavy (non-hydrogen) atoms. The highest BCUT2D eigenvalue weighted by atomic mass is 19.1. The first-order chi connectivity index (χ1) is 13.5. The van der Waals surface area contributed by atoms with Gasteiger partial charge in [0.15, 0.2) is 11.6 Å². The molecule has 1 aliphatic heterocycles. The second-order valence-corrected chi connectivity index (χ2v) is 7.53. The topological polar surface area (TPSA) is 147 Å². The van der Waals surface area contributed by atoms with Gasteiger partial charge in [-0.25, -0.2) is 9.18 Å². The first-order valence-corrected chi connectivity index (χ1v) is 9.57. The highest BCUT2D eigenvalue weighted by molar-refractivity contribution is 5.97. The predicted molar refractivity (Wildman–Crippen MR) is 111 cm³/mol. The molecule has 1 aromatic carbocycles. The Balaban J connectivity index is 0.00000160. The van der Waals surface area contributed by atoms with Crippen LogP contribution in [0.15, 0.2) is 17.1 Å². The van der Waals surface area contributed by atoms with Gasteiger partial charge < -0.3 is 35.6 Å². The summed E-state index contributed by atoms with van der Waals surface area (Å²) in [5, 5.41) is 12.7. The van der Waals surface area contributed by atoms with Crippen molar-refractivity contribution in [3.8, 4) is 5.75 Å². The van der Waals surface area contributed by atoms with Crippen LogP contribution in [0.3, 0.4) is 0 Å². The Hall–Kier alpha value is -2.69. The molecule has 6 N–H and O–H groups in total. The summed E-state index contributed by atoms with van der Waals surface area (Å²) in [6.45, 7) is 1.33. The van der Waals surface area contributed by atoms with Crippen LogP contribution in [-0.2, 0) is 0 Å². The summed E-state index contributed by atoms with van der Waals surface area (Å²) >= 11 is 0. The van der Waals surface area contributed by atoms with Crippen molar-refractivity contribution in [3.05, 3.63) is 33.9 Å². The molecule has 1 aromatic heterocycles. The second-order valence-electron chi connectivity index (χ2n) is 7.53. The lowest BCUT2D eigenvalue weighted by molar-refractivity contribution is 0.0694. The number of benzene rings is 1. The van der Waals surface area contributed by atoms with Crippen molar-refractivity contribution in [1.82, 2.24) is 9.88 Å². The van der Waals surface area contributed by atoms with Gasteiger partial charge in [0.2, 0.25) is 5.43 Å². The van der Waals surface area contributed by atoms with Crippen molar-refractivity contribution in [3.63, 3.8) is 0 Å². The third kappa shape index (κ3) is 3.85. The van der Waals surface area contributed by atoms with Crippen LogP contribution in [0.1, 0.15) is 42.1 Å². The number of halogens is 1. The van der Waals surface area contributed by atoms with Gasteiger partial charge >= 0.3 is 5.97 Å². The number of nitrogens with zero attached hydrogens (tertiary/aromatic N) is 2. The van der Waals surface area contributed by atoms with Crippen LogP contribution in [0.5, 0.6) is 5.75 Å². The summed E-state index contributed by atoms with van der Waals surface area (Å²) in [4.78, 5) is 26.2. The Labute approximate surface area is 172 Å². The van der Waals surface area contributed by atoms with Crippen LogP contribution < -0.4 is 20.4 Å². The van der Waals surface area contributed by atoms with Crippen molar-refractivity contribution in [2.24, 2.45) is 0 Å². The van der Waals surface area contributed by atoms with E-state index >= 15 is 4.39 Å². The van der Waals surface area contributed by atoms with E-state index in [1.54, 1.807) is 4.57 Å². The Morgan fingerprint density at radius 3 is 2.57 bits per heavy atom. The summed E-state index contributed by atoms with van der Waals surface area (Å²) < 4.78 is 22.6. The quantitative estimate of drug-likeness (QED) is 0.721. The average molecular weight is 425 g/mol. The van der Waals surface area contributed by atoms with Crippen LogP contribution in [0.2, 0.25) is 0 Å². The molecule has 4 rings (SSSR count). The van der Waals surface area contributed by atoms with Gasteiger partial charge in [-0.3, -0.25) is 4.79 Å². The molecular weight excluding hydrogens is 397 g/mol. The highest BCUT2D eigenvalue weighted by Crippen LogP contribution is 2.44. The van der Waals surface area contributed by atoms with Crippen molar-refractivity contribution in [2.45, 2.75) is 37.8 Å². The Bertz CT molecular complexity index is 1000. The number of rotatable bonds is 5. The number of likely N-dealkylation sites (N-methyl/N-ethyl adjacent to an activating group) is 1. The standard InChI is InChI=1S/C20H24FN3O4.2H2O/c1-22-11-4-3-7-23(9-11)17-15(21)8-13-16(19(17)28-2)24(12-5-6-12)10-14(18(13)25)20(26)27;;/h8,10-12,22H,3-7,9H2,1-2H3,(H,26,27);2*1H2/t11-;;/m0../s1. The number of pyridine rings is 1. The number of hydrogen-bond donors (Lipinski definition) is 2. The summed E-state index contributed by atoms with van der Waals surface area (Å²) in [5.41, 5.74) is -0.216. The molecule has 0 radical (unpaired) electrons. The molecule has 1 saturated heterocycles.